The van der Waals surface area contributed by atoms with E-state index in [0.717, 1.165) is 51.8 Å². The minimum Gasteiger partial charge on any atom is -0.456 e. The predicted octanol–water partition coefficient (Wildman–Crippen LogP) is 13.5. The fraction of sp³-hybridized carbons (Fsp3) is 0.106. The maximum Gasteiger partial charge on any atom is 0.137 e. The minimum atomic E-state index is -0.00500. The third-order valence-corrected chi connectivity index (χ3v) is 10.8. The molecular formula is C47H37NO. The highest BCUT2D eigenvalue weighted by Crippen LogP contribution is 2.55. The van der Waals surface area contributed by atoms with Gasteiger partial charge >= 0.3 is 0 Å². The summed E-state index contributed by atoms with van der Waals surface area (Å²) in [4.78, 5) is 2.38. The minimum absolute atomic E-state index is 0.00500. The summed E-state index contributed by atoms with van der Waals surface area (Å²) in [6.07, 6.45) is 2.10. The van der Waals surface area contributed by atoms with Crippen LogP contribution in [0, 0.1) is 0 Å². The molecule has 0 radical (unpaired) electrons. The number of benzene rings is 7. The van der Waals surface area contributed by atoms with Gasteiger partial charge in [-0.05, 0) is 106 Å². The number of anilines is 3. The Hall–Kier alpha value is -5.86. The molecule has 7 aromatic carbocycles. The second-order valence-corrected chi connectivity index (χ2v) is 13.1. The van der Waals surface area contributed by atoms with Crippen LogP contribution in [-0.2, 0) is 5.41 Å². The van der Waals surface area contributed by atoms with E-state index in [-0.39, 0.29) is 5.41 Å². The Morgan fingerprint density at radius 3 is 1.61 bits per heavy atom. The van der Waals surface area contributed by atoms with Gasteiger partial charge < -0.3 is 9.32 Å². The van der Waals surface area contributed by atoms with Crippen LogP contribution in [0.25, 0.3) is 55.3 Å². The monoisotopic (exact) mass is 631 g/mol. The number of furan rings is 1. The van der Waals surface area contributed by atoms with Crippen molar-refractivity contribution in [1.29, 1.82) is 0 Å². The molecule has 0 spiro atoms. The van der Waals surface area contributed by atoms with Crippen LogP contribution in [0.15, 0.2) is 168 Å². The first kappa shape index (κ1) is 29.3. The first-order chi connectivity index (χ1) is 24.2. The summed E-state index contributed by atoms with van der Waals surface area (Å²) in [5.41, 5.74) is 15.4. The number of hydrogen-bond donors (Lipinski definition) is 0. The van der Waals surface area contributed by atoms with Crippen molar-refractivity contribution >= 4 is 39.0 Å². The first-order valence-electron chi connectivity index (χ1n) is 17.4. The lowest BCUT2D eigenvalue weighted by Gasteiger charge is -2.29. The Balaban J connectivity index is 1.25. The summed E-state index contributed by atoms with van der Waals surface area (Å²) in [6, 6.07) is 59.2. The quantitative estimate of drug-likeness (QED) is 0.174. The second kappa shape index (κ2) is 11.7. The van der Waals surface area contributed by atoms with Gasteiger partial charge in [-0.3, -0.25) is 0 Å². The highest BCUT2D eigenvalue weighted by molar-refractivity contribution is 6.15. The van der Waals surface area contributed by atoms with E-state index in [0.29, 0.717) is 0 Å². The second-order valence-electron chi connectivity index (χ2n) is 13.1. The Kier molecular flexibility index (Phi) is 6.98. The van der Waals surface area contributed by atoms with Crippen LogP contribution in [0.2, 0.25) is 0 Å². The average molecular weight is 632 g/mol. The fourth-order valence-corrected chi connectivity index (χ4v) is 8.25. The lowest BCUT2D eigenvalue weighted by Crippen LogP contribution is -2.22. The Morgan fingerprint density at radius 2 is 1.02 bits per heavy atom. The number of hydrogen-bond acceptors (Lipinski definition) is 2. The molecule has 1 aromatic heterocycles. The molecule has 1 aliphatic rings. The summed E-state index contributed by atoms with van der Waals surface area (Å²) in [7, 11) is 0. The summed E-state index contributed by atoms with van der Waals surface area (Å²) >= 11 is 0. The molecule has 0 saturated carbocycles. The first-order valence-corrected chi connectivity index (χ1v) is 17.4. The van der Waals surface area contributed by atoms with Crippen LogP contribution in [0.3, 0.4) is 0 Å². The highest BCUT2D eigenvalue weighted by atomic mass is 16.3. The molecule has 236 valence electrons. The summed E-state index contributed by atoms with van der Waals surface area (Å²) < 4.78 is 6.75. The molecule has 2 nitrogen and oxygen atoms in total. The van der Waals surface area contributed by atoms with E-state index >= 15 is 0 Å². The molecule has 0 atom stereocenters. The van der Waals surface area contributed by atoms with Crippen molar-refractivity contribution in [2.75, 3.05) is 4.90 Å². The maximum atomic E-state index is 6.75. The molecule has 0 amide bonds. The zero-order valence-electron chi connectivity index (χ0n) is 27.9. The van der Waals surface area contributed by atoms with Gasteiger partial charge in [-0.1, -0.05) is 129 Å². The highest BCUT2D eigenvalue weighted by Gasteiger charge is 2.41. The van der Waals surface area contributed by atoms with Crippen LogP contribution in [-0.4, -0.2) is 0 Å². The molecular weight excluding hydrogens is 595 g/mol. The lowest BCUT2D eigenvalue weighted by molar-refractivity contribution is 0.490. The van der Waals surface area contributed by atoms with Gasteiger partial charge in [0.05, 0.1) is 11.1 Å². The van der Waals surface area contributed by atoms with Crippen molar-refractivity contribution in [3.05, 3.63) is 175 Å². The largest absolute Gasteiger partial charge is 0.456 e. The van der Waals surface area contributed by atoms with E-state index in [2.05, 4.69) is 183 Å². The van der Waals surface area contributed by atoms with Gasteiger partial charge in [0.2, 0.25) is 0 Å². The summed E-state index contributed by atoms with van der Waals surface area (Å²) in [5, 5.41) is 2.27. The molecule has 49 heavy (non-hydrogen) atoms. The molecule has 0 N–H and O–H groups in total. The van der Waals surface area contributed by atoms with Crippen molar-refractivity contribution in [3.63, 3.8) is 0 Å². The molecule has 0 saturated heterocycles. The van der Waals surface area contributed by atoms with Crippen LogP contribution >= 0.6 is 0 Å². The smallest absolute Gasteiger partial charge is 0.137 e. The molecule has 0 unspecified atom stereocenters. The van der Waals surface area contributed by atoms with Crippen molar-refractivity contribution < 1.29 is 4.42 Å². The van der Waals surface area contributed by atoms with E-state index in [4.69, 9.17) is 4.42 Å². The Labute approximate surface area is 287 Å². The van der Waals surface area contributed by atoms with E-state index in [1.54, 1.807) is 0 Å². The third-order valence-electron chi connectivity index (χ3n) is 10.8. The predicted molar refractivity (Wildman–Crippen MR) is 206 cm³/mol. The summed E-state index contributed by atoms with van der Waals surface area (Å²) in [6.45, 7) is 4.64. The zero-order chi connectivity index (χ0) is 33.0. The fourth-order valence-electron chi connectivity index (χ4n) is 8.25. The van der Waals surface area contributed by atoms with E-state index < -0.39 is 0 Å². The van der Waals surface area contributed by atoms with Gasteiger partial charge in [0, 0.05) is 22.2 Å². The topological polar surface area (TPSA) is 16.4 Å². The SMILES string of the molecule is CCC1(CC)c2ccccc2-c2cc3c(cc21)oc1cccc(N(c2ccc(-c4ccccc4)cc2)c2ccc(-c4ccccc4)cc2)c13. The van der Waals surface area contributed by atoms with E-state index in [9.17, 15) is 0 Å². The van der Waals surface area contributed by atoms with Gasteiger partial charge in [-0.15, -0.1) is 0 Å². The molecule has 2 heteroatoms. The van der Waals surface area contributed by atoms with Crippen molar-refractivity contribution in [2.45, 2.75) is 32.1 Å². The number of nitrogens with zero attached hydrogens (tertiary/aromatic N) is 1. The van der Waals surface area contributed by atoms with Crippen molar-refractivity contribution in [2.24, 2.45) is 0 Å². The van der Waals surface area contributed by atoms with Gasteiger partial charge in [0.1, 0.15) is 11.2 Å². The van der Waals surface area contributed by atoms with Crippen molar-refractivity contribution in [1.82, 2.24) is 0 Å². The molecule has 0 fully saturated rings. The van der Waals surface area contributed by atoms with Gasteiger partial charge in [-0.2, -0.15) is 0 Å². The van der Waals surface area contributed by atoms with Crippen LogP contribution < -0.4 is 4.90 Å². The number of rotatable bonds is 7. The van der Waals surface area contributed by atoms with Crippen LogP contribution in [0.1, 0.15) is 37.8 Å². The van der Waals surface area contributed by atoms with E-state index in [1.807, 2.05) is 0 Å². The zero-order valence-corrected chi connectivity index (χ0v) is 27.9. The van der Waals surface area contributed by atoms with Gasteiger partial charge in [0.15, 0.2) is 0 Å². The van der Waals surface area contributed by atoms with Gasteiger partial charge in [0.25, 0.3) is 0 Å². The molecule has 1 heterocycles. The average Bonchev–Trinajstić information content (AvgIpc) is 3.68. The molecule has 0 aliphatic heterocycles. The lowest BCUT2D eigenvalue weighted by atomic mass is 9.74. The van der Waals surface area contributed by atoms with Crippen molar-refractivity contribution in [3.8, 4) is 33.4 Å². The Morgan fingerprint density at radius 1 is 0.469 bits per heavy atom. The third kappa shape index (κ3) is 4.63. The maximum absolute atomic E-state index is 6.75. The summed E-state index contributed by atoms with van der Waals surface area (Å²) in [5.74, 6) is 0. The standard InChI is InChI=1S/C47H37NO/c1-3-47(4-2)41-19-12-11-18-38(41)39-30-40-45(31-42(39)47)49-44-21-13-20-43(46(40)44)48(36-26-22-34(23-27-36)32-14-7-5-8-15-32)37-28-24-35(25-29-37)33-16-9-6-10-17-33/h5-31H,3-4H2,1-2H3. The van der Waals surface area contributed by atoms with Gasteiger partial charge in [-0.25, -0.2) is 0 Å². The molecule has 1 aliphatic carbocycles. The van der Waals surface area contributed by atoms with Crippen LogP contribution in [0.5, 0.6) is 0 Å². The van der Waals surface area contributed by atoms with Crippen LogP contribution in [0.4, 0.5) is 17.1 Å². The Bertz CT molecular complexity index is 2350. The molecule has 8 aromatic rings. The molecule has 0 bridgehead atoms. The number of fused-ring (bicyclic) bond motifs is 6. The van der Waals surface area contributed by atoms with E-state index in [1.165, 1.54) is 44.5 Å². The normalized spacial score (nSPS) is 13.0. The molecule has 9 rings (SSSR count).